The fourth-order valence-electron chi connectivity index (χ4n) is 1.70. The zero-order valence-corrected chi connectivity index (χ0v) is 12.7. The van der Waals surface area contributed by atoms with Crippen molar-refractivity contribution >= 4 is 21.4 Å². The first-order valence-corrected chi connectivity index (χ1v) is 7.51. The number of rotatable bonds is 6. The molecule has 0 spiro atoms. The Balaban J connectivity index is 3.39. The van der Waals surface area contributed by atoms with Crippen LogP contribution < -0.4 is 5.32 Å². The fraction of sp³-hybridized carbons (Fsp3) is 0.417. The predicted molar refractivity (Wildman–Crippen MR) is 77.3 cm³/mol. The third kappa shape index (κ3) is 3.48. The molecule has 0 saturated carbocycles. The quantitative estimate of drug-likeness (QED) is 0.629. The van der Waals surface area contributed by atoms with Gasteiger partial charge in [0.25, 0.3) is 5.69 Å². The Labute approximate surface area is 123 Å². The van der Waals surface area contributed by atoms with Gasteiger partial charge < -0.3 is 5.32 Å². The minimum Gasteiger partial charge on any atom is -0.387 e. The highest BCUT2D eigenvalue weighted by atomic mass is 32.2. The summed E-state index contributed by atoms with van der Waals surface area (Å²) >= 11 is 0. The normalized spacial score (nSPS) is 12.7. The van der Waals surface area contributed by atoms with Crippen molar-refractivity contribution in [2.75, 3.05) is 19.4 Å². The molecule has 1 unspecified atom stereocenters. The number of nitriles is 1. The standard InChI is InChI=1S/C12H16N4O4S/c1-9(6-7-13)15(3)21(19,20)12-8-10(16(17)18)4-5-11(12)14-2/h4-5,8-9,14H,6H2,1-3H3. The van der Waals surface area contributed by atoms with Crippen LogP contribution in [0.1, 0.15) is 13.3 Å². The zero-order valence-electron chi connectivity index (χ0n) is 11.9. The molecule has 0 radical (unpaired) electrons. The summed E-state index contributed by atoms with van der Waals surface area (Å²) in [7, 11) is -1.07. The third-order valence-corrected chi connectivity index (χ3v) is 5.12. The number of benzene rings is 1. The van der Waals surface area contributed by atoms with Crippen LogP contribution in [-0.2, 0) is 10.0 Å². The molecule has 1 aromatic carbocycles. The van der Waals surface area contributed by atoms with E-state index in [2.05, 4.69) is 5.32 Å². The third-order valence-electron chi connectivity index (χ3n) is 3.11. The number of hydrogen-bond donors (Lipinski definition) is 1. The van der Waals surface area contributed by atoms with Gasteiger partial charge in [0.05, 0.1) is 23.1 Å². The Hall–Kier alpha value is -2.18. The second kappa shape index (κ2) is 6.51. The van der Waals surface area contributed by atoms with Gasteiger partial charge in [-0.25, -0.2) is 8.42 Å². The fourth-order valence-corrected chi connectivity index (χ4v) is 3.27. The highest BCUT2D eigenvalue weighted by Gasteiger charge is 2.29. The van der Waals surface area contributed by atoms with Gasteiger partial charge in [-0.05, 0) is 13.0 Å². The molecule has 0 aromatic heterocycles. The van der Waals surface area contributed by atoms with E-state index < -0.39 is 21.0 Å². The Kier molecular flexibility index (Phi) is 5.23. The number of nitrogens with one attached hydrogen (secondary N) is 1. The molecule has 0 fully saturated rings. The lowest BCUT2D eigenvalue weighted by molar-refractivity contribution is -0.385. The summed E-state index contributed by atoms with van der Waals surface area (Å²) in [5.74, 6) is 0. The molecule has 114 valence electrons. The highest BCUT2D eigenvalue weighted by Crippen LogP contribution is 2.29. The van der Waals surface area contributed by atoms with Gasteiger partial charge in [0.1, 0.15) is 4.90 Å². The number of nitro benzene ring substituents is 1. The summed E-state index contributed by atoms with van der Waals surface area (Å²) in [6.07, 6.45) is 0.0273. The first-order chi connectivity index (χ1) is 9.75. The molecular formula is C12H16N4O4S. The van der Waals surface area contributed by atoms with Gasteiger partial charge in [0.2, 0.25) is 10.0 Å². The number of anilines is 1. The van der Waals surface area contributed by atoms with E-state index in [9.17, 15) is 18.5 Å². The van der Waals surface area contributed by atoms with E-state index in [1.165, 1.54) is 26.2 Å². The highest BCUT2D eigenvalue weighted by molar-refractivity contribution is 7.89. The maximum atomic E-state index is 12.6. The number of non-ortho nitro benzene ring substituents is 1. The number of sulfonamides is 1. The largest absolute Gasteiger partial charge is 0.387 e. The topological polar surface area (TPSA) is 116 Å². The predicted octanol–water partition coefficient (Wildman–Crippen LogP) is 1.56. The van der Waals surface area contributed by atoms with E-state index in [1.807, 2.05) is 6.07 Å². The van der Waals surface area contributed by atoms with E-state index in [4.69, 9.17) is 5.26 Å². The number of nitrogens with zero attached hydrogens (tertiary/aromatic N) is 3. The lowest BCUT2D eigenvalue weighted by atomic mass is 10.3. The van der Waals surface area contributed by atoms with Crippen LogP contribution in [0.3, 0.4) is 0 Å². The molecule has 1 aromatic rings. The van der Waals surface area contributed by atoms with Crippen LogP contribution in [0.5, 0.6) is 0 Å². The van der Waals surface area contributed by atoms with E-state index >= 15 is 0 Å². The van der Waals surface area contributed by atoms with E-state index in [0.717, 1.165) is 10.4 Å². The Morgan fingerprint density at radius 3 is 2.62 bits per heavy atom. The molecule has 21 heavy (non-hydrogen) atoms. The summed E-state index contributed by atoms with van der Waals surface area (Å²) in [4.78, 5) is 9.98. The van der Waals surface area contributed by atoms with Crippen LogP contribution in [0.2, 0.25) is 0 Å². The first kappa shape index (κ1) is 16.9. The smallest absolute Gasteiger partial charge is 0.270 e. The minimum absolute atomic E-state index is 0.0273. The van der Waals surface area contributed by atoms with Gasteiger partial charge >= 0.3 is 0 Å². The molecule has 1 atom stereocenters. The van der Waals surface area contributed by atoms with Crippen LogP contribution in [0, 0.1) is 21.4 Å². The Morgan fingerprint density at radius 2 is 2.14 bits per heavy atom. The molecule has 0 aliphatic heterocycles. The maximum absolute atomic E-state index is 12.6. The summed E-state index contributed by atoms with van der Waals surface area (Å²) in [5, 5.41) is 22.2. The zero-order chi connectivity index (χ0) is 16.2. The molecule has 9 heteroatoms. The average molecular weight is 312 g/mol. The van der Waals surface area contributed by atoms with Crippen LogP contribution in [-0.4, -0.2) is 37.8 Å². The second-order valence-corrected chi connectivity index (χ2v) is 6.39. The minimum atomic E-state index is -3.94. The maximum Gasteiger partial charge on any atom is 0.270 e. The van der Waals surface area contributed by atoms with Crippen molar-refractivity contribution in [3.8, 4) is 6.07 Å². The SMILES string of the molecule is CNc1ccc([N+](=O)[O-])cc1S(=O)(=O)N(C)C(C)CC#N. The van der Waals surface area contributed by atoms with Crippen molar-refractivity contribution in [2.24, 2.45) is 0 Å². The van der Waals surface area contributed by atoms with Gasteiger partial charge in [-0.15, -0.1) is 0 Å². The van der Waals surface area contributed by atoms with E-state index in [0.29, 0.717) is 0 Å². The van der Waals surface area contributed by atoms with Gasteiger partial charge in [-0.1, -0.05) is 0 Å². The number of hydrogen-bond acceptors (Lipinski definition) is 6. The summed E-state index contributed by atoms with van der Waals surface area (Å²) < 4.78 is 26.2. The van der Waals surface area contributed by atoms with Crippen molar-refractivity contribution < 1.29 is 13.3 Å². The average Bonchev–Trinajstić information content (AvgIpc) is 2.45. The molecule has 0 saturated heterocycles. The summed E-state index contributed by atoms with van der Waals surface area (Å²) in [5.41, 5.74) is -0.0504. The van der Waals surface area contributed by atoms with Crippen molar-refractivity contribution in [3.63, 3.8) is 0 Å². The number of nitro groups is 1. The lowest BCUT2D eigenvalue weighted by Crippen LogP contribution is -2.35. The second-order valence-electron chi connectivity index (χ2n) is 4.42. The van der Waals surface area contributed by atoms with E-state index in [1.54, 1.807) is 6.92 Å². The van der Waals surface area contributed by atoms with Crippen molar-refractivity contribution in [2.45, 2.75) is 24.3 Å². The van der Waals surface area contributed by atoms with Crippen LogP contribution in [0.15, 0.2) is 23.1 Å². The molecule has 0 amide bonds. The monoisotopic (exact) mass is 312 g/mol. The lowest BCUT2D eigenvalue weighted by Gasteiger charge is -2.23. The first-order valence-electron chi connectivity index (χ1n) is 6.06. The summed E-state index contributed by atoms with van der Waals surface area (Å²) in [6.45, 7) is 1.59. The van der Waals surface area contributed by atoms with Crippen LogP contribution in [0.25, 0.3) is 0 Å². The Morgan fingerprint density at radius 1 is 1.52 bits per heavy atom. The van der Waals surface area contributed by atoms with Crippen LogP contribution in [0.4, 0.5) is 11.4 Å². The van der Waals surface area contributed by atoms with Crippen LogP contribution >= 0.6 is 0 Å². The molecule has 0 aliphatic carbocycles. The van der Waals surface area contributed by atoms with Gasteiger partial charge in [0, 0.05) is 32.3 Å². The molecule has 0 aliphatic rings. The molecule has 0 bridgehead atoms. The van der Waals surface area contributed by atoms with Gasteiger partial charge in [-0.2, -0.15) is 9.57 Å². The summed E-state index contributed by atoms with van der Waals surface area (Å²) in [6, 6.07) is 4.94. The van der Waals surface area contributed by atoms with Crippen molar-refractivity contribution in [1.82, 2.24) is 4.31 Å². The molecule has 0 heterocycles. The molecular weight excluding hydrogens is 296 g/mol. The molecule has 1 rings (SSSR count). The van der Waals surface area contributed by atoms with E-state index in [-0.39, 0.29) is 22.7 Å². The van der Waals surface area contributed by atoms with Gasteiger partial charge in [-0.3, -0.25) is 10.1 Å². The molecule has 1 N–H and O–H groups in total. The van der Waals surface area contributed by atoms with Gasteiger partial charge in [0.15, 0.2) is 0 Å². The van der Waals surface area contributed by atoms with Crippen molar-refractivity contribution in [3.05, 3.63) is 28.3 Å². The molecule has 8 nitrogen and oxygen atoms in total. The van der Waals surface area contributed by atoms with Crippen molar-refractivity contribution in [1.29, 1.82) is 5.26 Å². The Bertz CT molecular complexity index is 681.